The quantitative estimate of drug-likeness (QED) is 0.390. The summed E-state index contributed by atoms with van der Waals surface area (Å²) in [5.74, 6) is 2.05. The molecule has 0 aliphatic carbocycles. The predicted octanol–water partition coefficient (Wildman–Crippen LogP) is 3.69. The fourth-order valence-corrected chi connectivity index (χ4v) is 3.31. The molecule has 0 atom stereocenters. The van der Waals surface area contributed by atoms with Gasteiger partial charge in [0.1, 0.15) is 11.6 Å². The van der Waals surface area contributed by atoms with Gasteiger partial charge in [0.2, 0.25) is 0 Å². The number of methoxy groups -OCH3 is 1. The average molecular weight is 388 g/mol. The first-order chi connectivity index (χ1) is 13.3. The molecule has 0 aliphatic heterocycles. The fourth-order valence-electron chi connectivity index (χ4n) is 2.44. The van der Waals surface area contributed by atoms with Gasteiger partial charge in [-0.25, -0.2) is 4.39 Å². The molecule has 0 bridgehead atoms. The molecule has 1 aromatic carbocycles. The van der Waals surface area contributed by atoms with Crippen molar-refractivity contribution in [2.24, 2.45) is 0 Å². The van der Waals surface area contributed by atoms with Crippen LogP contribution in [0, 0.1) is 5.82 Å². The van der Waals surface area contributed by atoms with Crippen LogP contribution < -0.4 is 4.74 Å². The summed E-state index contributed by atoms with van der Waals surface area (Å²) in [6.07, 6.45) is 4.32. The van der Waals surface area contributed by atoms with Crippen molar-refractivity contribution in [1.29, 1.82) is 0 Å². The van der Waals surface area contributed by atoms with E-state index in [1.807, 2.05) is 12.1 Å². The summed E-state index contributed by atoms with van der Waals surface area (Å²) < 4.78 is 25.8. The Labute approximate surface area is 161 Å². The van der Waals surface area contributed by atoms with Crippen LogP contribution in [-0.4, -0.2) is 45.8 Å². The molecule has 3 aromatic rings. The van der Waals surface area contributed by atoms with Crippen molar-refractivity contribution in [3.05, 3.63) is 54.6 Å². The number of benzene rings is 1. The van der Waals surface area contributed by atoms with E-state index >= 15 is 0 Å². The molecule has 0 amide bonds. The second-order valence-electron chi connectivity index (χ2n) is 5.69. The first-order valence-corrected chi connectivity index (χ1v) is 9.60. The Morgan fingerprint density at radius 1 is 1.04 bits per heavy atom. The van der Waals surface area contributed by atoms with Crippen LogP contribution >= 0.6 is 11.8 Å². The van der Waals surface area contributed by atoms with E-state index in [4.69, 9.17) is 9.47 Å². The van der Waals surface area contributed by atoms with Gasteiger partial charge >= 0.3 is 0 Å². The zero-order valence-electron chi connectivity index (χ0n) is 15.0. The van der Waals surface area contributed by atoms with Crippen molar-refractivity contribution in [2.75, 3.05) is 26.1 Å². The van der Waals surface area contributed by atoms with Crippen LogP contribution in [0.3, 0.4) is 0 Å². The molecule has 0 spiro atoms. The van der Waals surface area contributed by atoms with Crippen LogP contribution in [0.15, 0.2) is 53.9 Å². The lowest BCUT2D eigenvalue weighted by Gasteiger charge is -2.10. The van der Waals surface area contributed by atoms with Crippen LogP contribution in [0.2, 0.25) is 0 Å². The molecule has 3 rings (SSSR count). The lowest BCUT2D eigenvalue weighted by Crippen LogP contribution is -2.08. The number of ether oxygens (including phenoxy) is 2. The smallest absolute Gasteiger partial charge is 0.191 e. The van der Waals surface area contributed by atoms with Crippen LogP contribution in [0.5, 0.6) is 5.75 Å². The maximum atomic E-state index is 12.9. The third-order valence-corrected chi connectivity index (χ3v) is 4.83. The number of aromatic nitrogens is 4. The summed E-state index contributed by atoms with van der Waals surface area (Å²) in [7, 11) is 1.68. The molecule has 0 fully saturated rings. The summed E-state index contributed by atoms with van der Waals surface area (Å²) in [5.41, 5.74) is 0.972. The molecule has 0 saturated carbocycles. The summed E-state index contributed by atoms with van der Waals surface area (Å²) >= 11 is 1.63. The second-order valence-corrected chi connectivity index (χ2v) is 6.75. The highest BCUT2D eigenvalue weighted by molar-refractivity contribution is 7.99. The van der Waals surface area contributed by atoms with E-state index in [0.717, 1.165) is 28.7 Å². The number of hydrogen-bond acceptors (Lipinski definition) is 6. The number of thioether (sulfide) groups is 1. The molecule has 27 heavy (non-hydrogen) atoms. The first kappa shape index (κ1) is 19.3. The zero-order chi connectivity index (χ0) is 18.9. The third kappa shape index (κ3) is 5.51. The molecule has 0 N–H and O–H groups in total. The molecule has 2 aromatic heterocycles. The highest BCUT2D eigenvalue weighted by Crippen LogP contribution is 2.24. The molecule has 0 saturated heterocycles. The lowest BCUT2D eigenvalue weighted by molar-refractivity contribution is 0.185. The number of pyridine rings is 1. The highest BCUT2D eigenvalue weighted by atomic mass is 32.2. The van der Waals surface area contributed by atoms with Crippen molar-refractivity contribution in [1.82, 2.24) is 19.7 Å². The number of rotatable bonds is 10. The average Bonchev–Trinajstić information content (AvgIpc) is 3.11. The van der Waals surface area contributed by atoms with E-state index in [1.54, 1.807) is 43.4 Å². The standard InChI is InChI=1S/C19H21FN4O2S/c1-25-13-11-24-18(15-7-9-21-10-8-15)22-23-19(24)27-14-2-12-26-17-5-3-16(20)4-6-17/h3-10H,2,11-14H2,1H3. The molecule has 0 unspecified atom stereocenters. The monoisotopic (exact) mass is 388 g/mol. The number of halogens is 1. The minimum Gasteiger partial charge on any atom is -0.494 e. The van der Waals surface area contributed by atoms with Crippen molar-refractivity contribution >= 4 is 11.8 Å². The largest absolute Gasteiger partial charge is 0.494 e. The minimum atomic E-state index is -0.265. The van der Waals surface area contributed by atoms with Crippen molar-refractivity contribution < 1.29 is 13.9 Å². The molecule has 2 heterocycles. The Hall–Kier alpha value is -2.45. The SMILES string of the molecule is COCCn1c(SCCCOc2ccc(F)cc2)nnc1-c1ccncc1. The van der Waals surface area contributed by atoms with E-state index < -0.39 is 0 Å². The van der Waals surface area contributed by atoms with Gasteiger partial charge in [-0.05, 0) is 42.8 Å². The maximum absolute atomic E-state index is 12.9. The lowest BCUT2D eigenvalue weighted by atomic mass is 10.2. The zero-order valence-corrected chi connectivity index (χ0v) is 15.9. The van der Waals surface area contributed by atoms with E-state index in [0.29, 0.717) is 25.5 Å². The Morgan fingerprint density at radius 2 is 1.81 bits per heavy atom. The van der Waals surface area contributed by atoms with E-state index in [1.165, 1.54) is 12.1 Å². The van der Waals surface area contributed by atoms with Crippen molar-refractivity contribution in [3.63, 3.8) is 0 Å². The highest BCUT2D eigenvalue weighted by Gasteiger charge is 2.14. The fraction of sp³-hybridized carbons (Fsp3) is 0.316. The van der Waals surface area contributed by atoms with Gasteiger partial charge in [-0.15, -0.1) is 10.2 Å². The predicted molar refractivity (Wildman–Crippen MR) is 102 cm³/mol. The summed E-state index contributed by atoms with van der Waals surface area (Å²) in [4.78, 5) is 4.05. The Morgan fingerprint density at radius 3 is 2.56 bits per heavy atom. The molecule has 8 heteroatoms. The molecule has 0 radical (unpaired) electrons. The van der Waals surface area contributed by atoms with Gasteiger partial charge in [0.25, 0.3) is 0 Å². The summed E-state index contributed by atoms with van der Waals surface area (Å²) in [6, 6.07) is 9.87. The van der Waals surface area contributed by atoms with E-state index in [9.17, 15) is 4.39 Å². The second kappa shape index (κ2) is 10.0. The Kier molecular flexibility index (Phi) is 7.18. The number of nitrogens with zero attached hydrogens (tertiary/aromatic N) is 4. The van der Waals surface area contributed by atoms with Crippen LogP contribution in [0.25, 0.3) is 11.4 Å². The van der Waals surface area contributed by atoms with Crippen molar-refractivity contribution in [3.8, 4) is 17.1 Å². The number of hydrogen-bond donors (Lipinski definition) is 0. The molecule has 142 valence electrons. The van der Waals surface area contributed by atoms with Crippen molar-refractivity contribution in [2.45, 2.75) is 18.1 Å². The minimum absolute atomic E-state index is 0.265. The maximum Gasteiger partial charge on any atom is 0.191 e. The van der Waals surface area contributed by atoms with Gasteiger partial charge in [0.15, 0.2) is 11.0 Å². The molecular formula is C19H21FN4O2S. The molecule has 0 aliphatic rings. The van der Waals surface area contributed by atoms with Crippen LogP contribution in [-0.2, 0) is 11.3 Å². The first-order valence-electron chi connectivity index (χ1n) is 8.61. The van der Waals surface area contributed by atoms with Crippen LogP contribution in [0.1, 0.15) is 6.42 Å². The van der Waals surface area contributed by atoms with E-state index in [2.05, 4.69) is 19.7 Å². The van der Waals surface area contributed by atoms with Gasteiger partial charge < -0.3 is 9.47 Å². The van der Waals surface area contributed by atoms with Gasteiger partial charge in [-0.1, -0.05) is 11.8 Å². The third-order valence-electron chi connectivity index (χ3n) is 3.78. The van der Waals surface area contributed by atoms with Gasteiger partial charge in [-0.2, -0.15) is 0 Å². The van der Waals surface area contributed by atoms with Gasteiger partial charge in [-0.3, -0.25) is 9.55 Å². The normalized spacial score (nSPS) is 10.9. The van der Waals surface area contributed by atoms with Gasteiger partial charge in [0, 0.05) is 30.8 Å². The Balaban J connectivity index is 1.56. The molecule has 6 nitrogen and oxygen atoms in total. The molecular weight excluding hydrogens is 367 g/mol. The Bertz CT molecular complexity index is 827. The summed E-state index contributed by atoms with van der Waals surface area (Å²) in [6.45, 7) is 1.81. The summed E-state index contributed by atoms with van der Waals surface area (Å²) in [5, 5.41) is 9.51. The van der Waals surface area contributed by atoms with Crippen LogP contribution in [0.4, 0.5) is 4.39 Å². The van der Waals surface area contributed by atoms with Gasteiger partial charge in [0.05, 0.1) is 19.8 Å². The topological polar surface area (TPSA) is 62.1 Å². The van der Waals surface area contributed by atoms with E-state index in [-0.39, 0.29) is 5.82 Å².